The third kappa shape index (κ3) is 3.52. The topological polar surface area (TPSA) is 94.1 Å². The third-order valence-corrected chi connectivity index (χ3v) is 3.03. The molecule has 1 N–H and O–H groups in total. The van der Waals surface area contributed by atoms with Crippen LogP contribution in [0.25, 0.3) is 0 Å². The fourth-order valence-corrected chi connectivity index (χ4v) is 1.98. The highest BCUT2D eigenvalue weighted by atomic mass is 35.5. The summed E-state index contributed by atoms with van der Waals surface area (Å²) in [6.45, 7) is 2.61. The highest BCUT2D eigenvalue weighted by Crippen LogP contribution is 2.25. The molecular weight excluding hydrogens is 284 g/mol. The van der Waals surface area contributed by atoms with Crippen LogP contribution in [0.2, 0.25) is 5.02 Å². The molecule has 0 unspecified atom stereocenters. The molecule has 0 radical (unpaired) electrons. The first-order valence-corrected chi connectivity index (χ1v) is 6.37. The molecule has 1 heterocycles. The molecule has 1 aromatic heterocycles. The number of nitrogens with one attached hydrogen (secondary N) is 1. The predicted octanol–water partition coefficient (Wildman–Crippen LogP) is 2.27. The van der Waals surface area contributed by atoms with Crippen LogP contribution in [-0.2, 0) is 13.0 Å². The summed E-state index contributed by atoms with van der Waals surface area (Å²) < 4.78 is 4.97. The molecule has 1 aromatic carbocycles. The van der Waals surface area contributed by atoms with E-state index in [1.54, 1.807) is 19.1 Å². The number of nitro benzene ring substituents is 1. The minimum atomic E-state index is -0.440. The Kier molecular flexibility index (Phi) is 4.65. The van der Waals surface area contributed by atoms with Gasteiger partial charge in [0.15, 0.2) is 5.82 Å². The summed E-state index contributed by atoms with van der Waals surface area (Å²) in [6.07, 6.45) is 0.555. The summed E-state index contributed by atoms with van der Waals surface area (Å²) in [4.78, 5) is 14.5. The zero-order chi connectivity index (χ0) is 14.5. The van der Waals surface area contributed by atoms with E-state index in [2.05, 4.69) is 15.5 Å². The van der Waals surface area contributed by atoms with Gasteiger partial charge in [0.2, 0.25) is 5.89 Å². The maximum Gasteiger partial charge on any atom is 0.275 e. The van der Waals surface area contributed by atoms with Gasteiger partial charge in [0.25, 0.3) is 5.69 Å². The van der Waals surface area contributed by atoms with Crippen molar-refractivity contribution in [2.24, 2.45) is 0 Å². The van der Waals surface area contributed by atoms with E-state index in [4.69, 9.17) is 16.1 Å². The molecule has 2 aromatic rings. The smallest absolute Gasteiger partial charge is 0.275 e. The van der Waals surface area contributed by atoms with E-state index in [9.17, 15) is 10.1 Å². The molecule has 0 saturated heterocycles. The zero-order valence-electron chi connectivity index (χ0n) is 10.8. The number of benzene rings is 1. The van der Waals surface area contributed by atoms with Crippen molar-refractivity contribution in [1.82, 2.24) is 15.5 Å². The van der Waals surface area contributed by atoms with Crippen molar-refractivity contribution in [2.75, 3.05) is 6.54 Å². The Bertz CT molecular complexity index is 614. The average Bonchev–Trinajstić information content (AvgIpc) is 2.81. The summed E-state index contributed by atoms with van der Waals surface area (Å²) in [5.74, 6) is 1.12. The van der Waals surface area contributed by atoms with Crippen molar-refractivity contribution < 1.29 is 9.45 Å². The number of hydrogen-bond acceptors (Lipinski definition) is 6. The van der Waals surface area contributed by atoms with Gasteiger partial charge in [0, 0.05) is 25.6 Å². The van der Waals surface area contributed by atoms with Crippen LogP contribution >= 0.6 is 11.6 Å². The van der Waals surface area contributed by atoms with Gasteiger partial charge in [0.1, 0.15) is 0 Å². The van der Waals surface area contributed by atoms with E-state index in [1.165, 1.54) is 6.07 Å². The van der Waals surface area contributed by atoms with Crippen LogP contribution in [0.15, 0.2) is 22.7 Å². The van der Waals surface area contributed by atoms with Crippen molar-refractivity contribution >= 4 is 17.3 Å². The molecule has 0 aliphatic heterocycles. The maximum atomic E-state index is 10.9. The van der Waals surface area contributed by atoms with Crippen molar-refractivity contribution in [3.63, 3.8) is 0 Å². The van der Waals surface area contributed by atoms with Crippen LogP contribution in [0, 0.1) is 17.0 Å². The van der Waals surface area contributed by atoms with Crippen molar-refractivity contribution in [2.45, 2.75) is 19.9 Å². The number of aryl methyl sites for hydroxylation is 1. The first-order chi connectivity index (χ1) is 9.58. The van der Waals surface area contributed by atoms with Gasteiger partial charge in [-0.05, 0) is 13.0 Å². The molecule has 0 spiro atoms. The Morgan fingerprint density at radius 3 is 2.95 bits per heavy atom. The fourth-order valence-electron chi connectivity index (χ4n) is 1.74. The lowest BCUT2D eigenvalue weighted by Crippen LogP contribution is -2.18. The van der Waals surface area contributed by atoms with Gasteiger partial charge in [-0.25, -0.2) is 0 Å². The van der Waals surface area contributed by atoms with Gasteiger partial charge >= 0.3 is 0 Å². The molecule has 0 amide bonds. The summed E-state index contributed by atoms with van der Waals surface area (Å²) in [7, 11) is 0. The van der Waals surface area contributed by atoms with Crippen LogP contribution in [-0.4, -0.2) is 21.6 Å². The van der Waals surface area contributed by atoms with Crippen molar-refractivity contribution in [1.29, 1.82) is 0 Å². The average molecular weight is 297 g/mol. The largest absolute Gasteiger partial charge is 0.339 e. The standard InChI is InChI=1S/C12H13ClN4O3/c1-8-15-12(20-16-8)5-6-14-7-9-10(13)3-2-4-11(9)17(18)19/h2-4,14H,5-7H2,1H3. The summed E-state index contributed by atoms with van der Waals surface area (Å²) in [5.41, 5.74) is 0.486. The maximum absolute atomic E-state index is 10.9. The summed E-state index contributed by atoms with van der Waals surface area (Å²) in [6, 6.07) is 4.63. The number of hydrogen-bond donors (Lipinski definition) is 1. The van der Waals surface area contributed by atoms with Crippen LogP contribution < -0.4 is 5.32 Å². The van der Waals surface area contributed by atoms with Gasteiger partial charge in [0.05, 0.1) is 15.5 Å². The number of halogens is 1. The third-order valence-electron chi connectivity index (χ3n) is 2.68. The van der Waals surface area contributed by atoms with E-state index in [0.717, 1.165) is 0 Å². The molecule has 0 aliphatic rings. The van der Waals surface area contributed by atoms with Gasteiger partial charge < -0.3 is 9.84 Å². The Morgan fingerprint density at radius 2 is 2.30 bits per heavy atom. The molecule has 0 atom stereocenters. The minimum absolute atomic E-state index is 0.0126. The van der Waals surface area contributed by atoms with Gasteiger partial charge in [-0.15, -0.1) is 0 Å². The first kappa shape index (κ1) is 14.4. The van der Waals surface area contributed by atoms with Gasteiger partial charge in [-0.2, -0.15) is 4.98 Å². The van der Waals surface area contributed by atoms with E-state index >= 15 is 0 Å². The summed E-state index contributed by atoms with van der Waals surface area (Å²) >= 11 is 5.99. The molecule has 0 saturated carbocycles. The summed E-state index contributed by atoms with van der Waals surface area (Å²) in [5, 5.41) is 18.1. The molecule has 0 aliphatic carbocycles. The second-order valence-corrected chi connectivity index (χ2v) is 4.56. The number of nitro groups is 1. The monoisotopic (exact) mass is 296 g/mol. The Labute approximate surface area is 120 Å². The Hall–Kier alpha value is -1.99. The quantitative estimate of drug-likeness (QED) is 0.499. The van der Waals surface area contributed by atoms with E-state index < -0.39 is 4.92 Å². The van der Waals surface area contributed by atoms with E-state index in [1.807, 2.05) is 0 Å². The lowest BCUT2D eigenvalue weighted by atomic mass is 10.2. The fraction of sp³-hybridized carbons (Fsp3) is 0.333. The SMILES string of the molecule is Cc1noc(CCNCc2c(Cl)cccc2[N+](=O)[O-])n1. The van der Waals surface area contributed by atoms with Crippen LogP contribution in [0.4, 0.5) is 5.69 Å². The molecule has 8 heteroatoms. The van der Waals surface area contributed by atoms with Crippen molar-refractivity contribution in [3.8, 4) is 0 Å². The lowest BCUT2D eigenvalue weighted by Gasteiger charge is -2.06. The molecule has 0 fully saturated rings. The van der Waals surface area contributed by atoms with E-state index in [-0.39, 0.29) is 5.69 Å². The van der Waals surface area contributed by atoms with Crippen LogP contribution in [0.3, 0.4) is 0 Å². The number of nitrogens with zero attached hydrogens (tertiary/aromatic N) is 3. The Balaban J connectivity index is 1.92. The molecule has 20 heavy (non-hydrogen) atoms. The normalized spacial score (nSPS) is 10.7. The molecule has 0 bridgehead atoms. The molecule has 106 valence electrons. The predicted molar refractivity (Wildman–Crippen MR) is 72.6 cm³/mol. The van der Waals surface area contributed by atoms with Crippen LogP contribution in [0.5, 0.6) is 0 Å². The first-order valence-electron chi connectivity index (χ1n) is 5.99. The number of aromatic nitrogens is 2. The highest BCUT2D eigenvalue weighted by molar-refractivity contribution is 6.31. The minimum Gasteiger partial charge on any atom is -0.339 e. The van der Waals surface area contributed by atoms with Crippen LogP contribution in [0.1, 0.15) is 17.3 Å². The second-order valence-electron chi connectivity index (χ2n) is 4.16. The molecule has 7 nitrogen and oxygen atoms in total. The second kappa shape index (κ2) is 6.44. The molecular formula is C12H13ClN4O3. The van der Waals surface area contributed by atoms with Crippen molar-refractivity contribution in [3.05, 3.63) is 50.6 Å². The van der Waals surface area contributed by atoms with E-state index in [0.29, 0.717) is 41.8 Å². The zero-order valence-corrected chi connectivity index (χ0v) is 11.6. The lowest BCUT2D eigenvalue weighted by molar-refractivity contribution is -0.385. The van der Waals surface area contributed by atoms with Gasteiger partial charge in [-0.1, -0.05) is 22.8 Å². The number of rotatable bonds is 6. The molecule has 2 rings (SSSR count). The highest BCUT2D eigenvalue weighted by Gasteiger charge is 2.15. The van der Waals surface area contributed by atoms with Gasteiger partial charge in [-0.3, -0.25) is 10.1 Å². The Morgan fingerprint density at radius 1 is 1.50 bits per heavy atom.